The van der Waals surface area contributed by atoms with E-state index in [1.54, 1.807) is 0 Å². The second kappa shape index (κ2) is 7.22. The monoisotopic (exact) mass is 271 g/mol. The van der Waals surface area contributed by atoms with Gasteiger partial charge in [-0.15, -0.1) is 0 Å². The summed E-state index contributed by atoms with van der Waals surface area (Å²) in [4.78, 5) is 16.7. The fraction of sp³-hybridized carbons (Fsp3) is 0.929. The number of aliphatic hydroxyl groups is 1. The van der Waals surface area contributed by atoms with Gasteiger partial charge in [-0.25, -0.2) is 0 Å². The average molecular weight is 271 g/mol. The molecule has 1 fully saturated rings. The fourth-order valence-electron chi connectivity index (χ4n) is 2.21. The van der Waals surface area contributed by atoms with Gasteiger partial charge in [0.2, 0.25) is 5.91 Å². The van der Waals surface area contributed by atoms with Gasteiger partial charge in [-0.3, -0.25) is 14.6 Å². The Bertz CT molecular complexity index is 286. The predicted octanol–water partition coefficient (Wildman–Crippen LogP) is 0.290. The Labute approximate surface area is 117 Å². The minimum atomic E-state index is -0.135. The van der Waals surface area contributed by atoms with E-state index in [0.717, 1.165) is 39.1 Å². The number of carbonyl (C=O) groups is 1. The summed E-state index contributed by atoms with van der Waals surface area (Å²) in [7, 11) is 0. The highest BCUT2D eigenvalue weighted by molar-refractivity contribution is 5.82. The fourth-order valence-corrected chi connectivity index (χ4v) is 2.21. The van der Waals surface area contributed by atoms with Gasteiger partial charge in [0.15, 0.2) is 0 Å². The summed E-state index contributed by atoms with van der Waals surface area (Å²) < 4.78 is 0. The van der Waals surface area contributed by atoms with Crippen molar-refractivity contribution in [3.05, 3.63) is 0 Å². The lowest BCUT2D eigenvalue weighted by Gasteiger charge is -2.38. The summed E-state index contributed by atoms with van der Waals surface area (Å²) in [5.74, 6) is 0.113. The topological polar surface area (TPSA) is 55.8 Å². The molecule has 1 saturated heterocycles. The maximum atomic E-state index is 12.2. The Hall–Kier alpha value is -0.650. The van der Waals surface area contributed by atoms with Crippen LogP contribution in [-0.4, -0.2) is 71.7 Å². The molecule has 5 nitrogen and oxygen atoms in total. The van der Waals surface area contributed by atoms with E-state index < -0.39 is 0 Å². The molecule has 1 atom stereocenters. The van der Waals surface area contributed by atoms with E-state index in [4.69, 9.17) is 5.11 Å². The first-order chi connectivity index (χ1) is 8.89. The molecule has 1 aliphatic rings. The summed E-state index contributed by atoms with van der Waals surface area (Å²) in [6.07, 6.45) is 0.926. The Kier molecular flexibility index (Phi) is 6.23. The standard InChI is InChI=1S/C14H29N3O2/c1-5-14(3,4)15-13(19)12(2)17-8-6-16(7-9-17)10-11-18/h12,18H,5-11H2,1-4H3,(H,15,19). The van der Waals surface area contributed by atoms with Crippen LogP contribution in [0, 0.1) is 0 Å². The van der Waals surface area contributed by atoms with Crippen molar-refractivity contribution in [2.24, 2.45) is 0 Å². The molecule has 5 heteroatoms. The van der Waals surface area contributed by atoms with Gasteiger partial charge in [0.05, 0.1) is 12.6 Å². The van der Waals surface area contributed by atoms with Crippen LogP contribution in [-0.2, 0) is 4.79 Å². The Morgan fingerprint density at radius 2 is 1.89 bits per heavy atom. The summed E-state index contributed by atoms with van der Waals surface area (Å²) in [6.45, 7) is 12.7. The van der Waals surface area contributed by atoms with E-state index in [0.29, 0.717) is 0 Å². The molecule has 112 valence electrons. The first-order valence-electron chi connectivity index (χ1n) is 7.29. The molecular weight excluding hydrogens is 242 g/mol. The number of carbonyl (C=O) groups excluding carboxylic acids is 1. The Morgan fingerprint density at radius 3 is 2.37 bits per heavy atom. The molecule has 1 heterocycles. The maximum absolute atomic E-state index is 12.2. The largest absolute Gasteiger partial charge is 0.395 e. The number of hydrogen-bond donors (Lipinski definition) is 2. The van der Waals surface area contributed by atoms with Crippen LogP contribution in [0.1, 0.15) is 34.1 Å². The molecule has 0 saturated carbocycles. The van der Waals surface area contributed by atoms with E-state index in [1.807, 2.05) is 6.92 Å². The molecule has 1 amide bonds. The number of nitrogens with zero attached hydrogens (tertiary/aromatic N) is 2. The van der Waals surface area contributed by atoms with Crippen LogP contribution in [0.15, 0.2) is 0 Å². The van der Waals surface area contributed by atoms with E-state index in [-0.39, 0.29) is 24.1 Å². The molecule has 0 aliphatic carbocycles. The first-order valence-corrected chi connectivity index (χ1v) is 7.29. The molecule has 0 aromatic rings. The molecule has 0 radical (unpaired) electrons. The van der Waals surface area contributed by atoms with E-state index in [2.05, 4.69) is 35.9 Å². The molecule has 19 heavy (non-hydrogen) atoms. The Morgan fingerprint density at radius 1 is 1.32 bits per heavy atom. The van der Waals surface area contributed by atoms with Crippen molar-refractivity contribution in [1.82, 2.24) is 15.1 Å². The van der Waals surface area contributed by atoms with Gasteiger partial charge >= 0.3 is 0 Å². The van der Waals surface area contributed by atoms with Crippen molar-refractivity contribution in [3.63, 3.8) is 0 Å². The molecule has 1 rings (SSSR count). The number of amides is 1. The van der Waals surface area contributed by atoms with Crippen LogP contribution >= 0.6 is 0 Å². The number of piperazine rings is 1. The van der Waals surface area contributed by atoms with Crippen molar-refractivity contribution >= 4 is 5.91 Å². The van der Waals surface area contributed by atoms with Crippen LogP contribution in [0.2, 0.25) is 0 Å². The van der Waals surface area contributed by atoms with Crippen molar-refractivity contribution in [2.45, 2.75) is 45.7 Å². The zero-order valence-corrected chi connectivity index (χ0v) is 12.8. The minimum absolute atomic E-state index is 0.0814. The number of hydrogen-bond acceptors (Lipinski definition) is 4. The maximum Gasteiger partial charge on any atom is 0.237 e. The minimum Gasteiger partial charge on any atom is -0.395 e. The van der Waals surface area contributed by atoms with Gasteiger partial charge in [-0.2, -0.15) is 0 Å². The van der Waals surface area contributed by atoms with Gasteiger partial charge in [-0.05, 0) is 27.2 Å². The van der Waals surface area contributed by atoms with E-state index in [9.17, 15) is 4.79 Å². The highest BCUT2D eigenvalue weighted by Crippen LogP contribution is 2.10. The molecule has 2 N–H and O–H groups in total. The quantitative estimate of drug-likeness (QED) is 0.729. The van der Waals surface area contributed by atoms with Crippen molar-refractivity contribution in [2.75, 3.05) is 39.3 Å². The van der Waals surface area contributed by atoms with Gasteiger partial charge in [0, 0.05) is 38.3 Å². The summed E-state index contributed by atoms with van der Waals surface area (Å²) in [6, 6.07) is -0.0814. The third kappa shape index (κ3) is 5.09. The van der Waals surface area contributed by atoms with Crippen molar-refractivity contribution in [3.8, 4) is 0 Å². The lowest BCUT2D eigenvalue weighted by molar-refractivity contribution is -0.128. The van der Waals surface area contributed by atoms with Gasteiger partial charge in [0.1, 0.15) is 0 Å². The van der Waals surface area contributed by atoms with Crippen LogP contribution in [0.5, 0.6) is 0 Å². The normalized spacial score (nSPS) is 20.3. The van der Waals surface area contributed by atoms with E-state index in [1.165, 1.54) is 0 Å². The third-order valence-corrected chi connectivity index (χ3v) is 4.10. The third-order valence-electron chi connectivity index (χ3n) is 4.10. The molecular formula is C14H29N3O2. The molecule has 0 aromatic carbocycles. The van der Waals surface area contributed by atoms with Crippen LogP contribution < -0.4 is 5.32 Å². The summed E-state index contributed by atoms with van der Waals surface area (Å²) >= 11 is 0. The molecule has 1 unspecified atom stereocenters. The lowest BCUT2D eigenvalue weighted by atomic mass is 10.0. The van der Waals surface area contributed by atoms with Crippen LogP contribution in [0.3, 0.4) is 0 Å². The Balaban J connectivity index is 2.42. The predicted molar refractivity (Wildman–Crippen MR) is 77.1 cm³/mol. The zero-order valence-electron chi connectivity index (χ0n) is 12.8. The number of β-amino-alcohol motifs (C(OH)–C–C–N with tert-alkyl or cyclic N) is 1. The van der Waals surface area contributed by atoms with E-state index >= 15 is 0 Å². The molecule has 0 aromatic heterocycles. The van der Waals surface area contributed by atoms with Crippen molar-refractivity contribution in [1.29, 1.82) is 0 Å². The lowest BCUT2D eigenvalue weighted by Crippen LogP contribution is -2.56. The zero-order chi connectivity index (χ0) is 14.5. The highest BCUT2D eigenvalue weighted by Gasteiger charge is 2.28. The van der Waals surface area contributed by atoms with Crippen molar-refractivity contribution < 1.29 is 9.90 Å². The number of nitrogens with one attached hydrogen (secondary N) is 1. The van der Waals surface area contributed by atoms with Gasteiger partial charge in [0.25, 0.3) is 0 Å². The van der Waals surface area contributed by atoms with Gasteiger partial charge < -0.3 is 10.4 Å². The molecule has 0 spiro atoms. The number of rotatable bonds is 6. The average Bonchev–Trinajstić information content (AvgIpc) is 2.38. The van der Waals surface area contributed by atoms with Gasteiger partial charge in [-0.1, -0.05) is 6.92 Å². The van der Waals surface area contributed by atoms with Crippen LogP contribution in [0.25, 0.3) is 0 Å². The summed E-state index contributed by atoms with van der Waals surface area (Å²) in [5.41, 5.74) is -0.135. The highest BCUT2D eigenvalue weighted by atomic mass is 16.3. The smallest absolute Gasteiger partial charge is 0.237 e. The molecule has 0 bridgehead atoms. The van der Waals surface area contributed by atoms with Crippen LogP contribution in [0.4, 0.5) is 0 Å². The second-order valence-electron chi connectivity index (χ2n) is 6.00. The number of aliphatic hydroxyl groups excluding tert-OH is 1. The first kappa shape index (κ1) is 16.4. The SMILES string of the molecule is CCC(C)(C)NC(=O)C(C)N1CCN(CCO)CC1. The second-order valence-corrected chi connectivity index (χ2v) is 6.00. The summed E-state index contributed by atoms with van der Waals surface area (Å²) in [5, 5.41) is 12.0. The molecule has 1 aliphatic heterocycles.